The van der Waals surface area contributed by atoms with Crippen molar-refractivity contribution in [1.29, 1.82) is 0 Å². The zero-order valence-electron chi connectivity index (χ0n) is 19.8. The van der Waals surface area contributed by atoms with Crippen LogP contribution in [0.2, 0.25) is 0 Å². The third-order valence-corrected chi connectivity index (χ3v) is 6.08. The molecule has 2 aromatic rings. The number of thiocarbonyl (C=S) groups is 1. The van der Waals surface area contributed by atoms with E-state index in [0.29, 0.717) is 5.11 Å². The topological polar surface area (TPSA) is 40.2 Å². The van der Waals surface area contributed by atoms with Gasteiger partial charge in [-0.1, -0.05) is 18.2 Å². The molecule has 0 aromatic heterocycles. The largest absolute Gasteiger partial charge is 0.495 e. The van der Waals surface area contributed by atoms with Crippen LogP contribution in [0.5, 0.6) is 5.75 Å². The van der Waals surface area contributed by atoms with Crippen LogP contribution in [-0.2, 0) is 11.3 Å². The summed E-state index contributed by atoms with van der Waals surface area (Å²) in [5.41, 5.74) is 4.48. The Labute approximate surface area is 198 Å². The summed E-state index contributed by atoms with van der Waals surface area (Å²) in [6, 6.07) is 14.8. The van der Waals surface area contributed by atoms with E-state index in [0.717, 1.165) is 69.4 Å². The lowest BCUT2D eigenvalue weighted by Gasteiger charge is -2.30. The molecule has 0 spiro atoms. The molecule has 2 aromatic carbocycles. The van der Waals surface area contributed by atoms with Crippen molar-refractivity contribution in [1.82, 2.24) is 9.80 Å². The van der Waals surface area contributed by atoms with E-state index in [1.807, 2.05) is 12.1 Å². The number of benzene rings is 2. The van der Waals surface area contributed by atoms with E-state index >= 15 is 0 Å². The van der Waals surface area contributed by atoms with Crippen LogP contribution in [0.15, 0.2) is 42.5 Å². The lowest BCUT2D eigenvalue weighted by molar-refractivity contribution is 0.0368. The normalized spacial score (nSPS) is 14.1. The van der Waals surface area contributed by atoms with Gasteiger partial charge in [-0.25, -0.2) is 0 Å². The van der Waals surface area contributed by atoms with Crippen LogP contribution in [0.4, 0.5) is 11.4 Å². The Morgan fingerprint density at radius 2 is 1.84 bits per heavy atom. The van der Waals surface area contributed by atoms with Crippen molar-refractivity contribution in [2.45, 2.75) is 19.9 Å². The van der Waals surface area contributed by atoms with Crippen LogP contribution in [0.25, 0.3) is 0 Å². The molecule has 1 N–H and O–H groups in total. The highest BCUT2D eigenvalue weighted by atomic mass is 32.1. The van der Waals surface area contributed by atoms with E-state index < -0.39 is 0 Å². The lowest BCUT2D eigenvalue weighted by atomic mass is 10.2. The first-order valence-electron chi connectivity index (χ1n) is 11.2. The number of morpholine rings is 1. The van der Waals surface area contributed by atoms with Crippen molar-refractivity contribution >= 4 is 28.7 Å². The quantitative estimate of drug-likeness (QED) is 0.572. The van der Waals surface area contributed by atoms with Crippen molar-refractivity contribution < 1.29 is 9.47 Å². The molecular formula is C25H36N4O2S. The molecule has 0 unspecified atom stereocenters. The van der Waals surface area contributed by atoms with Crippen LogP contribution < -0.4 is 15.0 Å². The molecule has 1 heterocycles. The van der Waals surface area contributed by atoms with E-state index in [2.05, 4.69) is 71.4 Å². The Morgan fingerprint density at radius 1 is 1.12 bits per heavy atom. The molecular weight excluding hydrogens is 420 g/mol. The highest BCUT2D eigenvalue weighted by Crippen LogP contribution is 2.26. The Kier molecular flexibility index (Phi) is 9.14. The van der Waals surface area contributed by atoms with Gasteiger partial charge in [0.1, 0.15) is 5.75 Å². The summed E-state index contributed by atoms with van der Waals surface area (Å²) >= 11 is 5.85. The van der Waals surface area contributed by atoms with Gasteiger partial charge in [-0.05, 0) is 61.0 Å². The molecule has 0 amide bonds. The Morgan fingerprint density at radius 3 is 2.50 bits per heavy atom. The molecule has 0 bridgehead atoms. The van der Waals surface area contributed by atoms with E-state index in [-0.39, 0.29) is 0 Å². The number of aryl methyl sites for hydroxylation is 1. The SMILES string of the molecule is COc1cc(C)ccc1NC(=S)N(CCCN1CCOCC1)Cc1ccc(N(C)C)cc1. The number of hydrogen-bond donors (Lipinski definition) is 1. The van der Waals surface area contributed by atoms with E-state index in [9.17, 15) is 0 Å². The molecule has 174 valence electrons. The van der Waals surface area contributed by atoms with E-state index in [1.165, 1.54) is 11.3 Å². The highest BCUT2D eigenvalue weighted by Gasteiger charge is 2.15. The number of anilines is 2. The number of rotatable bonds is 9. The molecule has 1 saturated heterocycles. The van der Waals surface area contributed by atoms with Crippen LogP contribution in [0.3, 0.4) is 0 Å². The Hall–Kier alpha value is -2.35. The van der Waals surface area contributed by atoms with Gasteiger partial charge in [-0.15, -0.1) is 0 Å². The minimum absolute atomic E-state index is 0.714. The highest BCUT2D eigenvalue weighted by molar-refractivity contribution is 7.80. The minimum atomic E-state index is 0.714. The zero-order chi connectivity index (χ0) is 22.9. The van der Waals surface area contributed by atoms with Crippen molar-refractivity contribution in [2.24, 2.45) is 0 Å². The second-order valence-electron chi connectivity index (χ2n) is 8.42. The Balaban J connectivity index is 1.68. The molecule has 0 saturated carbocycles. The van der Waals surface area contributed by atoms with Gasteiger partial charge in [0.25, 0.3) is 0 Å². The van der Waals surface area contributed by atoms with Gasteiger partial charge in [0.2, 0.25) is 0 Å². The summed E-state index contributed by atoms with van der Waals surface area (Å²) in [4.78, 5) is 6.83. The standard InChI is InChI=1S/C25H36N4O2S/c1-20-6-11-23(24(18-20)30-4)26-25(32)29(13-5-12-28-14-16-31-17-15-28)19-21-7-9-22(10-8-21)27(2)3/h6-11,18H,5,12-17,19H2,1-4H3,(H,26,32). The minimum Gasteiger partial charge on any atom is -0.495 e. The van der Waals surface area contributed by atoms with Crippen LogP contribution in [0.1, 0.15) is 17.5 Å². The maximum absolute atomic E-state index is 5.85. The van der Waals surface area contributed by atoms with Crippen LogP contribution in [-0.4, -0.2) is 75.5 Å². The molecule has 7 heteroatoms. The maximum atomic E-state index is 5.85. The van der Waals surface area contributed by atoms with Gasteiger partial charge in [-0.3, -0.25) is 4.90 Å². The molecule has 6 nitrogen and oxygen atoms in total. The van der Waals surface area contributed by atoms with Crippen molar-refractivity contribution in [3.8, 4) is 5.75 Å². The van der Waals surface area contributed by atoms with Gasteiger partial charge in [0.15, 0.2) is 5.11 Å². The fourth-order valence-electron chi connectivity index (χ4n) is 3.78. The summed E-state index contributed by atoms with van der Waals surface area (Å²) in [5.74, 6) is 0.802. The Bertz CT molecular complexity index is 867. The van der Waals surface area contributed by atoms with E-state index in [1.54, 1.807) is 7.11 Å². The molecule has 3 rings (SSSR count). The van der Waals surface area contributed by atoms with E-state index in [4.69, 9.17) is 21.7 Å². The molecule has 0 aliphatic carbocycles. The molecule has 1 aliphatic rings. The van der Waals surface area contributed by atoms with Gasteiger partial charge in [-0.2, -0.15) is 0 Å². The number of nitrogens with one attached hydrogen (secondary N) is 1. The first-order valence-corrected chi connectivity index (χ1v) is 11.6. The summed E-state index contributed by atoms with van der Waals surface area (Å²) < 4.78 is 11.0. The molecule has 0 atom stereocenters. The summed E-state index contributed by atoms with van der Waals surface area (Å²) in [6.07, 6.45) is 1.04. The summed E-state index contributed by atoms with van der Waals surface area (Å²) in [6.45, 7) is 8.42. The summed E-state index contributed by atoms with van der Waals surface area (Å²) in [5, 5.41) is 4.13. The lowest BCUT2D eigenvalue weighted by Crippen LogP contribution is -2.40. The van der Waals surface area contributed by atoms with Crippen LogP contribution >= 0.6 is 12.2 Å². The molecule has 0 radical (unpaired) electrons. The van der Waals surface area contributed by atoms with Gasteiger partial charge in [0, 0.05) is 52.5 Å². The average Bonchev–Trinajstić information content (AvgIpc) is 2.80. The smallest absolute Gasteiger partial charge is 0.173 e. The van der Waals surface area contributed by atoms with Crippen molar-refractivity contribution in [3.05, 3.63) is 53.6 Å². The monoisotopic (exact) mass is 456 g/mol. The van der Waals surface area contributed by atoms with Gasteiger partial charge in [0.05, 0.1) is 26.0 Å². The third-order valence-electron chi connectivity index (χ3n) is 5.72. The third kappa shape index (κ3) is 7.08. The molecule has 1 aliphatic heterocycles. The number of methoxy groups -OCH3 is 1. The zero-order valence-corrected chi connectivity index (χ0v) is 20.6. The maximum Gasteiger partial charge on any atom is 0.173 e. The van der Waals surface area contributed by atoms with Crippen molar-refractivity contribution in [3.63, 3.8) is 0 Å². The summed E-state index contributed by atoms with van der Waals surface area (Å²) in [7, 11) is 5.80. The fourth-order valence-corrected chi connectivity index (χ4v) is 4.04. The second kappa shape index (κ2) is 12.0. The van der Waals surface area contributed by atoms with Gasteiger partial charge < -0.3 is 24.6 Å². The second-order valence-corrected chi connectivity index (χ2v) is 8.81. The predicted molar refractivity (Wildman–Crippen MR) is 137 cm³/mol. The number of nitrogens with zero attached hydrogens (tertiary/aromatic N) is 3. The fraction of sp³-hybridized carbons (Fsp3) is 0.480. The van der Waals surface area contributed by atoms with Crippen molar-refractivity contribution in [2.75, 3.05) is 70.8 Å². The van der Waals surface area contributed by atoms with Crippen LogP contribution in [0, 0.1) is 6.92 Å². The average molecular weight is 457 g/mol. The first-order chi connectivity index (χ1) is 15.5. The number of ether oxygens (including phenoxy) is 2. The molecule has 32 heavy (non-hydrogen) atoms. The predicted octanol–water partition coefficient (Wildman–Crippen LogP) is 3.99. The van der Waals surface area contributed by atoms with Gasteiger partial charge >= 0.3 is 0 Å². The first kappa shape index (κ1) is 24.3. The number of hydrogen-bond acceptors (Lipinski definition) is 5. The molecule has 1 fully saturated rings.